The van der Waals surface area contributed by atoms with Crippen molar-refractivity contribution in [2.45, 2.75) is 19.8 Å². The predicted molar refractivity (Wildman–Crippen MR) is 87.8 cm³/mol. The molecule has 0 saturated heterocycles. The molecule has 3 heteroatoms. The van der Waals surface area contributed by atoms with Gasteiger partial charge in [-0.15, -0.1) is 0 Å². The van der Waals surface area contributed by atoms with Crippen molar-refractivity contribution in [2.24, 2.45) is 4.99 Å². The average Bonchev–Trinajstić information content (AvgIpc) is 2.47. The summed E-state index contributed by atoms with van der Waals surface area (Å²) in [4.78, 5) is 6.98. The molecule has 0 unspecified atom stereocenters. The number of nitrogens with zero attached hydrogens (tertiary/aromatic N) is 2. The minimum absolute atomic E-state index is 0.993. The Morgan fingerprint density at radius 3 is 2.70 bits per heavy atom. The lowest BCUT2D eigenvalue weighted by atomic mass is 9.98. The molecule has 0 bridgehead atoms. The number of anilines is 1. The van der Waals surface area contributed by atoms with Gasteiger partial charge in [0.05, 0.1) is 11.4 Å². The van der Waals surface area contributed by atoms with E-state index in [-0.39, 0.29) is 0 Å². The van der Waals surface area contributed by atoms with Gasteiger partial charge in [-0.2, -0.15) is 0 Å². The topological polar surface area (TPSA) is 27.6 Å². The SMILES string of the molecule is CNc1ccccc1/N=C(\C)C1=C(N(C)C)C=CCC1. The van der Waals surface area contributed by atoms with Gasteiger partial charge in [0, 0.05) is 32.6 Å². The Balaban J connectivity index is 2.41. The highest BCUT2D eigenvalue weighted by Gasteiger charge is 2.13. The van der Waals surface area contributed by atoms with E-state index < -0.39 is 0 Å². The number of aliphatic imine (C=N–C) groups is 1. The molecule has 0 aliphatic heterocycles. The van der Waals surface area contributed by atoms with Crippen LogP contribution >= 0.6 is 0 Å². The van der Waals surface area contributed by atoms with Crippen LogP contribution in [0.5, 0.6) is 0 Å². The molecule has 2 rings (SSSR count). The third-order valence-electron chi connectivity index (χ3n) is 3.53. The maximum absolute atomic E-state index is 4.82. The minimum Gasteiger partial charge on any atom is -0.386 e. The highest BCUT2D eigenvalue weighted by molar-refractivity contribution is 6.01. The highest BCUT2D eigenvalue weighted by atomic mass is 15.1. The molecule has 0 amide bonds. The lowest BCUT2D eigenvalue weighted by molar-refractivity contribution is 0.520. The number of para-hydroxylation sites is 2. The Hall–Kier alpha value is -2.03. The summed E-state index contributed by atoms with van der Waals surface area (Å²) >= 11 is 0. The van der Waals surface area contributed by atoms with Crippen LogP contribution < -0.4 is 5.32 Å². The second kappa shape index (κ2) is 6.42. The van der Waals surface area contributed by atoms with Crippen molar-refractivity contribution >= 4 is 17.1 Å². The zero-order chi connectivity index (χ0) is 14.5. The quantitative estimate of drug-likeness (QED) is 0.837. The van der Waals surface area contributed by atoms with Crippen LogP contribution in [0, 0.1) is 0 Å². The molecular formula is C17H23N3. The van der Waals surface area contributed by atoms with Gasteiger partial charge in [-0.25, -0.2) is 0 Å². The van der Waals surface area contributed by atoms with Crippen LogP contribution in [-0.2, 0) is 0 Å². The van der Waals surface area contributed by atoms with Crippen LogP contribution in [0.25, 0.3) is 0 Å². The van der Waals surface area contributed by atoms with E-state index in [9.17, 15) is 0 Å². The number of hydrogen-bond acceptors (Lipinski definition) is 3. The molecule has 0 atom stereocenters. The van der Waals surface area contributed by atoms with Crippen LogP contribution in [0.1, 0.15) is 19.8 Å². The normalized spacial score (nSPS) is 15.5. The molecule has 106 valence electrons. The van der Waals surface area contributed by atoms with Gasteiger partial charge < -0.3 is 10.2 Å². The summed E-state index contributed by atoms with van der Waals surface area (Å²) in [5, 5.41) is 3.19. The van der Waals surface area contributed by atoms with E-state index in [4.69, 9.17) is 4.99 Å². The fraction of sp³-hybridized carbons (Fsp3) is 0.353. The minimum atomic E-state index is 0.993. The fourth-order valence-electron chi connectivity index (χ4n) is 2.47. The average molecular weight is 269 g/mol. The maximum atomic E-state index is 4.82. The molecule has 0 heterocycles. The monoisotopic (exact) mass is 269 g/mol. The Bertz CT molecular complexity index is 565. The van der Waals surface area contributed by atoms with Gasteiger partial charge in [-0.1, -0.05) is 18.2 Å². The number of rotatable bonds is 4. The van der Waals surface area contributed by atoms with Crippen molar-refractivity contribution in [1.29, 1.82) is 0 Å². The molecule has 1 aliphatic rings. The first-order valence-electron chi connectivity index (χ1n) is 7.03. The van der Waals surface area contributed by atoms with Crippen molar-refractivity contribution in [2.75, 3.05) is 26.5 Å². The number of likely N-dealkylation sites (N-methyl/N-ethyl adjacent to an activating group) is 1. The van der Waals surface area contributed by atoms with E-state index in [1.807, 2.05) is 31.3 Å². The first kappa shape index (κ1) is 14.4. The molecule has 20 heavy (non-hydrogen) atoms. The van der Waals surface area contributed by atoms with Crippen molar-refractivity contribution < 1.29 is 0 Å². The third kappa shape index (κ3) is 3.10. The molecule has 3 nitrogen and oxygen atoms in total. The smallest absolute Gasteiger partial charge is 0.0864 e. The Labute approximate surface area is 121 Å². The molecule has 0 radical (unpaired) electrons. The second-order valence-electron chi connectivity index (χ2n) is 5.16. The summed E-state index contributed by atoms with van der Waals surface area (Å²) in [6.45, 7) is 2.10. The molecule has 0 aromatic heterocycles. The van der Waals surface area contributed by atoms with Crippen molar-refractivity contribution in [3.05, 3.63) is 47.7 Å². The van der Waals surface area contributed by atoms with Crippen molar-refractivity contribution in [3.8, 4) is 0 Å². The predicted octanol–water partition coefficient (Wildman–Crippen LogP) is 3.99. The summed E-state index contributed by atoms with van der Waals surface area (Å²) < 4.78 is 0. The summed E-state index contributed by atoms with van der Waals surface area (Å²) in [7, 11) is 6.09. The van der Waals surface area contributed by atoms with E-state index in [2.05, 4.69) is 43.4 Å². The highest BCUT2D eigenvalue weighted by Crippen LogP contribution is 2.27. The van der Waals surface area contributed by atoms with Gasteiger partial charge in [-0.05, 0) is 43.5 Å². The van der Waals surface area contributed by atoms with Crippen molar-refractivity contribution in [3.63, 3.8) is 0 Å². The fourth-order valence-corrected chi connectivity index (χ4v) is 2.47. The van der Waals surface area contributed by atoms with Crippen LogP contribution in [0.15, 0.2) is 52.7 Å². The number of benzene rings is 1. The van der Waals surface area contributed by atoms with Crippen LogP contribution in [0.4, 0.5) is 11.4 Å². The van der Waals surface area contributed by atoms with Gasteiger partial charge in [0.1, 0.15) is 0 Å². The molecular weight excluding hydrogens is 246 g/mol. The number of allylic oxidation sites excluding steroid dienone is 3. The van der Waals surface area contributed by atoms with E-state index >= 15 is 0 Å². The molecule has 1 aromatic carbocycles. The molecule has 0 fully saturated rings. The first-order valence-corrected chi connectivity index (χ1v) is 7.03. The number of nitrogens with one attached hydrogen (secondary N) is 1. The van der Waals surface area contributed by atoms with Gasteiger partial charge in [0.15, 0.2) is 0 Å². The van der Waals surface area contributed by atoms with E-state index in [0.29, 0.717) is 0 Å². The van der Waals surface area contributed by atoms with E-state index in [1.165, 1.54) is 11.3 Å². The van der Waals surface area contributed by atoms with Crippen LogP contribution in [-0.4, -0.2) is 31.8 Å². The Morgan fingerprint density at radius 2 is 2.00 bits per heavy atom. The van der Waals surface area contributed by atoms with Crippen LogP contribution in [0.3, 0.4) is 0 Å². The first-order chi connectivity index (χ1) is 9.63. The lowest BCUT2D eigenvalue weighted by Crippen LogP contribution is -2.16. The van der Waals surface area contributed by atoms with Gasteiger partial charge in [0.25, 0.3) is 0 Å². The van der Waals surface area contributed by atoms with Gasteiger partial charge in [-0.3, -0.25) is 4.99 Å². The Morgan fingerprint density at radius 1 is 1.25 bits per heavy atom. The molecule has 0 spiro atoms. The number of hydrogen-bond donors (Lipinski definition) is 1. The standard InChI is InChI=1S/C17H23N3/c1-13(14-9-5-8-12-17(14)20(3)4)19-16-11-7-6-10-15(16)18-2/h6-8,10-12,18H,5,9H2,1-4H3/b19-13+. The van der Waals surface area contributed by atoms with Gasteiger partial charge in [0.2, 0.25) is 0 Å². The lowest BCUT2D eigenvalue weighted by Gasteiger charge is -2.22. The second-order valence-corrected chi connectivity index (χ2v) is 5.16. The summed E-state index contributed by atoms with van der Waals surface area (Å²) in [6.07, 6.45) is 6.57. The molecule has 1 N–H and O–H groups in total. The molecule has 1 aromatic rings. The van der Waals surface area contributed by atoms with Crippen molar-refractivity contribution in [1.82, 2.24) is 4.90 Å². The third-order valence-corrected chi connectivity index (χ3v) is 3.53. The molecule has 0 saturated carbocycles. The Kier molecular flexibility index (Phi) is 4.61. The zero-order valence-electron chi connectivity index (χ0n) is 12.8. The maximum Gasteiger partial charge on any atom is 0.0864 e. The zero-order valence-corrected chi connectivity index (χ0v) is 12.8. The van der Waals surface area contributed by atoms with Gasteiger partial charge >= 0.3 is 0 Å². The van der Waals surface area contributed by atoms with E-state index in [1.54, 1.807) is 0 Å². The van der Waals surface area contributed by atoms with E-state index in [0.717, 1.165) is 29.9 Å². The van der Waals surface area contributed by atoms with Crippen LogP contribution in [0.2, 0.25) is 0 Å². The largest absolute Gasteiger partial charge is 0.386 e. The molecule has 1 aliphatic carbocycles. The summed E-state index contributed by atoms with van der Waals surface area (Å²) in [6, 6.07) is 8.14. The summed E-state index contributed by atoms with van der Waals surface area (Å²) in [5.41, 5.74) is 5.75. The summed E-state index contributed by atoms with van der Waals surface area (Å²) in [5.74, 6) is 0.